The summed E-state index contributed by atoms with van der Waals surface area (Å²) in [6.07, 6.45) is 2.92. The molecule has 0 unspecified atom stereocenters. The van der Waals surface area contributed by atoms with Crippen LogP contribution in [0.5, 0.6) is 5.75 Å². The number of nitrogens with two attached hydrogens (primary N) is 2. The molecule has 17 heavy (non-hydrogen) atoms. The third kappa shape index (κ3) is 5.14. The van der Waals surface area contributed by atoms with Gasteiger partial charge in [0.25, 0.3) is 0 Å². The lowest BCUT2D eigenvalue weighted by molar-refractivity contribution is 0.467. The Morgan fingerprint density at radius 1 is 1.18 bits per heavy atom. The van der Waals surface area contributed by atoms with Gasteiger partial charge in [-0.3, -0.25) is 0 Å². The molecule has 1 aromatic rings. The summed E-state index contributed by atoms with van der Waals surface area (Å²) in [6.45, 7) is 0.704. The van der Waals surface area contributed by atoms with Crippen molar-refractivity contribution >= 4 is 44.3 Å². The van der Waals surface area contributed by atoms with E-state index in [1.165, 1.54) is 0 Å². The van der Waals surface area contributed by atoms with E-state index >= 15 is 0 Å². The average molecular weight is 389 g/mol. The van der Waals surface area contributed by atoms with E-state index in [4.69, 9.17) is 11.5 Å². The molecule has 0 saturated carbocycles. The Balaban J connectivity index is 0.00000256. The van der Waals surface area contributed by atoms with Crippen molar-refractivity contribution in [2.45, 2.75) is 25.3 Å². The van der Waals surface area contributed by atoms with Gasteiger partial charge >= 0.3 is 0 Å². The highest BCUT2D eigenvalue weighted by Crippen LogP contribution is 2.35. The molecule has 0 spiro atoms. The van der Waals surface area contributed by atoms with E-state index < -0.39 is 0 Å². The molecule has 1 atom stereocenters. The monoisotopic (exact) mass is 386 g/mol. The van der Waals surface area contributed by atoms with Gasteiger partial charge in [-0.05, 0) is 68.9 Å². The molecule has 6 heteroatoms. The molecule has 0 bridgehead atoms. The van der Waals surface area contributed by atoms with Crippen molar-refractivity contribution < 1.29 is 5.11 Å². The van der Waals surface area contributed by atoms with E-state index in [1.807, 2.05) is 12.1 Å². The molecule has 3 nitrogen and oxygen atoms in total. The molecule has 0 heterocycles. The first-order chi connectivity index (χ1) is 7.56. The minimum absolute atomic E-state index is 0. The van der Waals surface area contributed by atoms with Crippen LogP contribution in [0.4, 0.5) is 0 Å². The number of phenolic OH excluding ortho intramolecular Hbond substituents is 1. The number of aromatic hydroxyl groups is 1. The normalized spacial score (nSPS) is 12.0. The number of unbranched alkanes of at least 4 members (excludes halogenated alkanes) is 1. The number of rotatable bonds is 5. The smallest absolute Gasteiger partial charge is 0.143 e. The Labute approximate surface area is 125 Å². The highest BCUT2D eigenvalue weighted by molar-refractivity contribution is 9.11. The van der Waals surface area contributed by atoms with Gasteiger partial charge in [0.05, 0.1) is 8.95 Å². The first-order valence-corrected chi connectivity index (χ1v) is 6.78. The van der Waals surface area contributed by atoms with Gasteiger partial charge in [-0.2, -0.15) is 0 Å². The Hall–Kier alpha value is 0.190. The van der Waals surface area contributed by atoms with Crippen LogP contribution in [-0.2, 0) is 0 Å². The molecule has 0 saturated heterocycles. The van der Waals surface area contributed by atoms with Gasteiger partial charge in [0.1, 0.15) is 5.75 Å². The van der Waals surface area contributed by atoms with E-state index in [0.29, 0.717) is 15.5 Å². The van der Waals surface area contributed by atoms with E-state index in [0.717, 1.165) is 24.8 Å². The third-order valence-electron chi connectivity index (χ3n) is 2.44. The number of halogens is 3. The predicted octanol–water partition coefficient (Wildman–Crippen LogP) is 3.47. The molecule has 98 valence electrons. The van der Waals surface area contributed by atoms with Crippen molar-refractivity contribution in [3.8, 4) is 5.75 Å². The van der Waals surface area contributed by atoms with E-state index in [9.17, 15) is 5.11 Å². The molecule has 5 N–H and O–H groups in total. The fourth-order valence-corrected chi connectivity index (χ4v) is 2.70. The van der Waals surface area contributed by atoms with Crippen molar-refractivity contribution in [3.63, 3.8) is 0 Å². The van der Waals surface area contributed by atoms with Crippen LogP contribution in [-0.4, -0.2) is 11.7 Å². The van der Waals surface area contributed by atoms with Crippen molar-refractivity contribution in [2.24, 2.45) is 11.5 Å². The molecule has 0 aliphatic rings. The second kappa shape index (κ2) is 8.32. The Morgan fingerprint density at radius 3 is 2.18 bits per heavy atom. The third-order valence-corrected chi connectivity index (χ3v) is 3.65. The van der Waals surface area contributed by atoms with Gasteiger partial charge in [0.15, 0.2) is 0 Å². The van der Waals surface area contributed by atoms with Crippen LogP contribution < -0.4 is 11.5 Å². The summed E-state index contributed by atoms with van der Waals surface area (Å²) in [4.78, 5) is 0. The maximum Gasteiger partial charge on any atom is 0.143 e. The summed E-state index contributed by atoms with van der Waals surface area (Å²) in [5.41, 5.74) is 12.5. The minimum atomic E-state index is -0.0141. The Bertz CT molecular complexity index is 340. The molecule has 0 amide bonds. The van der Waals surface area contributed by atoms with Crippen molar-refractivity contribution in [3.05, 3.63) is 26.6 Å². The molecule has 1 rings (SSSR count). The maximum atomic E-state index is 9.58. The number of hydrogen-bond donors (Lipinski definition) is 3. The highest BCUT2D eigenvalue weighted by Gasteiger charge is 2.11. The molecule has 0 aliphatic heterocycles. The summed E-state index contributed by atoms with van der Waals surface area (Å²) >= 11 is 6.58. The summed E-state index contributed by atoms with van der Waals surface area (Å²) < 4.78 is 1.32. The van der Waals surface area contributed by atoms with Crippen molar-refractivity contribution in [1.29, 1.82) is 0 Å². The zero-order valence-electron chi connectivity index (χ0n) is 9.33. The van der Waals surface area contributed by atoms with Gasteiger partial charge in [0, 0.05) is 6.04 Å². The van der Waals surface area contributed by atoms with Gasteiger partial charge < -0.3 is 16.6 Å². The number of phenols is 1. The molecule has 1 aromatic carbocycles. The summed E-state index contributed by atoms with van der Waals surface area (Å²) in [5, 5.41) is 9.58. The molecular formula is C11H17Br2ClN2O. The zero-order valence-corrected chi connectivity index (χ0v) is 13.3. The van der Waals surface area contributed by atoms with Crippen LogP contribution in [0.3, 0.4) is 0 Å². The largest absolute Gasteiger partial charge is 0.506 e. The minimum Gasteiger partial charge on any atom is -0.506 e. The number of hydrogen-bond acceptors (Lipinski definition) is 3. The fraction of sp³-hybridized carbons (Fsp3) is 0.455. The van der Waals surface area contributed by atoms with Crippen molar-refractivity contribution in [1.82, 2.24) is 0 Å². The first-order valence-electron chi connectivity index (χ1n) is 5.19. The first kappa shape index (κ1) is 17.2. The van der Waals surface area contributed by atoms with Crippen LogP contribution in [0.1, 0.15) is 30.9 Å². The van der Waals surface area contributed by atoms with E-state index in [-0.39, 0.29) is 24.2 Å². The van der Waals surface area contributed by atoms with Crippen molar-refractivity contribution in [2.75, 3.05) is 6.54 Å². The average Bonchev–Trinajstić information content (AvgIpc) is 2.25. The van der Waals surface area contributed by atoms with Gasteiger partial charge in [-0.1, -0.05) is 6.42 Å². The Morgan fingerprint density at radius 2 is 1.71 bits per heavy atom. The summed E-state index contributed by atoms with van der Waals surface area (Å²) in [6, 6.07) is 3.69. The SMILES string of the molecule is Cl.NCCCC[C@H](N)c1cc(Br)c(O)c(Br)c1. The Kier molecular flexibility index (Phi) is 8.41. The lowest BCUT2D eigenvalue weighted by Gasteiger charge is -2.13. The second-order valence-electron chi connectivity index (χ2n) is 3.72. The van der Waals surface area contributed by atoms with Crippen LogP contribution in [0, 0.1) is 0 Å². The lowest BCUT2D eigenvalue weighted by Crippen LogP contribution is -2.11. The van der Waals surface area contributed by atoms with Crippen LogP contribution in [0.2, 0.25) is 0 Å². The van der Waals surface area contributed by atoms with Gasteiger partial charge in [-0.25, -0.2) is 0 Å². The van der Waals surface area contributed by atoms with Gasteiger partial charge in [0.2, 0.25) is 0 Å². The molecule has 0 radical (unpaired) electrons. The molecule has 0 fully saturated rings. The van der Waals surface area contributed by atoms with E-state index in [1.54, 1.807) is 0 Å². The molecular weight excluding hydrogens is 371 g/mol. The predicted molar refractivity (Wildman–Crippen MR) is 80.6 cm³/mol. The second-order valence-corrected chi connectivity index (χ2v) is 5.43. The van der Waals surface area contributed by atoms with Gasteiger partial charge in [-0.15, -0.1) is 12.4 Å². The zero-order chi connectivity index (χ0) is 12.1. The van der Waals surface area contributed by atoms with Crippen LogP contribution in [0.15, 0.2) is 21.1 Å². The quantitative estimate of drug-likeness (QED) is 0.677. The fourth-order valence-electron chi connectivity index (χ4n) is 1.47. The maximum absolute atomic E-state index is 9.58. The highest BCUT2D eigenvalue weighted by atomic mass is 79.9. The van der Waals surface area contributed by atoms with E-state index in [2.05, 4.69) is 31.9 Å². The topological polar surface area (TPSA) is 72.3 Å². The molecule has 0 aliphatic carbocycles. The standard InChI is InChI=1S/C11H16Br2N2O.ClH/c12-8-5-7(6-9(13)11(8)16)10(15)3-1-2-4-14;/h5-6,10,16H,1-4,14-15H2;1H/t10-;/m0./s1. The van der Waals surface area contributed by atoms with Crippen LogP contribution in [0.25, 0.3) is 0 Å². The molecule has 0 aromatic heterocycles. The lowest BCUT2D eigenvalue weighted by atomic mass is 10.0. The summed E-state index contributed by atoms with van der Waals surface area (Å²) in [5.74, 6) is 0.206. The van der Waals surface area contributed by atoms with Crippen LogP contribution >= 0.6 is 44.3 Å². The summed E-state index contributed by atoms with van der Waals surface area (Å²) in [7, 11) is 0. The number of benzene rings is 1.